The predicted octanol–water partition coefficient (Wildman–Crippen LogP) is 1.86. The average molecular weight is 278 g/mol. The summed E-state index contributed by atoms with van der Waals surface area (Å²) in [6.45, 7) is -0.169. The standard InChI is InChI=1S/C11H9F3O5/c12-11(13,14)19-8-3-1-7(2-4-8)16-6-10-17-5-9(15)18-10/h1-4,10H,5-6H2. The Morgan fingerprint density at radius 1 is 1.21 bits per heavy atom. The SMILES string of the molecule is O=C1COC(COc2ccc(OC(F)(F)F)cc2)O1. The molecule has 19 heavy (non-hydrogen) atoms. The van der Waals surface area contributed by atoms with E-state index >= 15 is 0 Å². The lowest BCUT2D eigenvalue weighted by atomic mass is 10.3. The van der Waals surface area contributed by atoms with Crippen molar-refractivity contribution in [2.75, 3.05) is 13.2 Å². The summed E-state index contributed by atoms with van der Waals surface area (Å²) in [4.78, 5) is 10.7. The van der Waals surface area contributed by atoms with E-state index in [2.05, 4.69) is 4.74 Å². The molecule has 2 rings (SSSR count). The molecule has 1 atom stereocenters. The third kappa shape index (κ3) is 4.32. The second-order valence-corrected chi connectivity index (χ2v) is 3.56. The molecular weight excluding hydrogens is 269 g/mol. The van der Waals surface area contributed by atoms with Gasteiger partial charge in [-0.1, -0.05) is 0 Å². The molecule has 1 aromatic rings. The fourth-order valence-electron chi connectivity index (χ4n) is 1.36. The van der Waals surface area contributed by atoms with Crippen LogP contribution < -0.4 is 9.47 Å². The fraction of sp³-hybridized carbons (Fsp3) is 0.364. The van der Waals surface area contributed by atoms with E-state index in [1.165, 1.54) is 12.1 Å². The molecule has 1 unspecified atom stereocenters. The van der Waals surface area contributed by atoms with Gasteiger partial charge in [-0.05, 0) is 24.3 Å². The van der Waals surface area contributed by atoms with Crippen molar-refractivity contribution in [3.05, 3.63) is 24.3 Å². The van der Waals surface area contributed by atoms with E-state index in [0.29, 0.717) is 5.75 Å². The summed E-state index contributed by atoms with van der Waals surface area (Å²) < 4.78 is 54.2. The summed E-state index contributed by atoms with van der Waals surface area (Å²) in [6, 6.07) is 4.84. The van der Waals surface area contributed by atoms with Crippen LogP contribution in [0.2, 0.25) is 0 Å². The van der Waals surface area contributed by atoms with Crippen LogP contribution in [0.3, 0.4) is 0 Å². The highest BCUT2D eigenvalue weighted by molar-refractivity contribution is 5.72. The molecule has 1 aliphatic heterocycles. The first kappa shape index (κ1) is 13.5. The van der Waals surface area contributed by atoms with Crippen molar-refractivity contribution in [3.63, 3.8) is 0 Å². The lowest BCUT2D eigenvalue weighted by Crippen LogP contribution is -2.19. The van der Waals surface area contributed by atoms with Gasteiger partial charge in [0.05, 0.1) is 0 Å². The molecule has 0 radical (unpaired) electrons. The van der Waals surface area contributed by atoms with Crippen molar-refractivity contribution in [3.8, 4) is 11.5 Å². The molecule has 8 heteroatoms. The van der Waals surface area contributed by atoms with Crippen LogP contribution in [0.15, 0.2) is 24.3 Å². The van der Waals surface area contributed by atoms with Gasteiger partial charge in [0.2, 0.25) is 6.29 Å². The van der Waals surface area contributed by atoms with Crippen LogP contribution in [0.5, 0.6) is 11.5 Å². The average Bonchev–Trinajstić information content (AvgIpc) is 2.72. The lowest BCUT2D eigenvalue weighted by molar-refractivity contribution is -0.274. The number of carbonyl (C=O) groups excluding carboxylic acids is 1. The first-order valence-electron chi connectivity index (χ1n) is 5.22. The molecule has 0 spiro atoms. The summed E-state index contributed by atoms with van der Waals surface area (Å²) in [6.07, 6.45) is -5.52. The van der Waals surface area contributed by atoms with Crippen molar-refractivity contribution in [1.29, 1.82) is 0 Å². The maximum atomic E-state index is 11.9. The normalized spacial score (nSPS) is 19.1. The molecular formula is C11H9F3O5. The number of alkyl halides is 3. The first-order valence-corrected chi connectivity index (χ1v) is 5.22. The second kappa shape index (κ2) is 5.35. The molecule has 1 aromatic carbocycles. The van der Waals surface area contributed by atoms with Gasteiger partial charge in [0.1, 0.15) is 18.1 Å². The van der Waals surface area contributed by atoms with E-state index in [-0.39, 0.29) is 19.0 Å². The summed E-state index contributed by atoms with van der Waals surface area (Å²) in [5.41, 5.74) is 0. The number of hydrogen-bond acceptors (Lipinski definition) is 5. The van der Waals surface area contributed by atoms with Gasteiger partial charge in [-0.2, -0.15) is 0 Å². The zero-order chi connectivity index (χ0) is 13.9. The van der Waals surface area contributed by atoms with E-state index in [9.17, 15) is 18.0 Å². The molecule has 0 aliphatic carbocycles. The van der Waals surface area contributed by atoms with Gasteiger partial charge in [0, 0.05) is 0 Å². The van der Waals surface area contributed by atoms with E-state index in [4.69, 9.17) is 14.2 Å². The summed E-state index contributed by atoms with van der Waals surface area (Å²) in [7, 11) is 0. The fourth-order valence-corrected chi connectivity index (χ4v) is 1.36. The van der Waals surface area contributed by atoms with E-state index in [1.807, 2.05) is 0 Å². The predicted molar refractivity (Wildman–Crippen MR) is 54.5 cm³/mol. The third-order valence-electron chi connectivity index (χ3n) is 2.09. The Labute approximate surface area is 105 Å². The first-order chi connectivity index (χ1) is 8.92. The molecule has 0 amide bonds. The number of halogens is 3. The molecule has 1 heterocycles. The minimum Gasteiger partial charge on any atom is -0.487 e. The number of carbonyl (C=O) groups is 1. The van der Waals surface area contributed by atoms with Gasteiger partial charge in [-0.3, -0.25) is 0 Å². The second-order valence-electron chi connectivity index (χ2n) is 3.56. The maximum Gasteiger partial charge on any atom is 0.573 e. The maximum absolute atomic E-state index is 11.9. The summed E-state index contributed by atoms with van der Waals surface area (Å²) >= 11 is 0. The number of cyclic esters (lactones) is 1. The number of rotatable bonds is 4. The van der Waals surface area contributed by atoms with Gasteiger partial charge >= 0.3 is 12.3 Å². The summed E-state index contributed by atoms with van der Waals surface area (Å²) in [5, 5.41) is 0. The van der Waals surface area contributed by atoms with Crippen LogP contribution in [0.25, 0.3) is 0 Å². The number of hydrogen-bond donors (Lipinski definition) is 0. The molecule has 0 bridgehead atoms. The Hall–Kier alpha value is -1.96. The van der Waals surface area contributed by atoms with Gasteiger partial charge < -0.3 is 18.9 Å². The highest BCUT2D eigenvalue weighted by Gasteiger charge is 2.31. The van der Waals surface area contributed by atoms with Crippen molar-refractivity contribution < 1.29 is 36.9 Å². The van der Waals surface area contributed by atoms with Crippen LogP contribution in [-0.2, 0) is 14.3 Å². The molecule has 104 valence electrons. The topological polar surface area (TPSA) is 54.0 Å². The van der Waals surface area contributed by atoms with Gasteiger partial charge in [-0.25, -0.2) is 4.79 Å². The minimum absolute atomic E-state index is 0.0365. The highest BCUT2D eigenvalue weighted by Crippen LogP contribution is 2.24. The number of ether oxygens (including phenoxy) is 4. The van der Waals surface area contributed by atoms with Gasteiger partial charge in [0.15, 0.2) is 6.61 Å². The Morgan fingerprint density at radius 3 is 2.37 bits per heavy atom. The van der Waals surface area contributed by atoms with Gasteiger partial charge in [0.25, 0.3) is 0 Å². The Balaban J connectivity index is 1.83. The molecule has 1 saturated heterocycles. The van der Waals surface area contributed by atoms with E-state index < -0.39 is 18.6 Å². The van der Waals surface area contributed by atoms with Crippen LogP contribution in [0.4, 0.5) is 13.2 Å². The molecule has 5 nitrogen and oxygen atoms in total. The van der Waals surface area contributed by atoms with Crippen LogP contribution in [-0.4, -0.2) is 31.8 Å². The van der Waals surface area contributed by atoms with Crippen molar-refractivity contribution in [2.24, 2.45) is 0 Å². The smallest absolute Gasteiger partial charge is 0.487 e. The molecule has 0 saturated carbocycles. The monoisotopic (exact) mass is 278 g/mol. The largest absolute Gasteiger partial charge is 0.573 e. The lowest BCUT2D eigenvalue weighted by Gasteiger charge is -2.12. The van der Waals surface area contributed by atoms with Crippen LogP contribution in [0.1, 0.15) is 0 Å². The Bertz CT molecular complexity index is 443. The van der Waals surface area contributed by atoms with E-state index in [1.54, 1.807) is 0 Å². The zero-order valence-electron chi connectivity index (χ0n) is 9.48. The minimum atomic E-state index is -4.73. The number of esters is 1. The van der Waals surface area contributed by atoms with Crippen molar-refractivity contribution in [2.45, 2.75) is 12.7 Å². The van der Waals surface area contributed by atoms with Crippen molar-refractivity contribution in [1.82, 2.24) is 0 Å². The Morgan fingerprint density at radius 2 is 1.84 bits per heavy atom. The van der Waals surface area contributed by atoms with Crippen molar-refractivity contribution >= 4 is 5.97 Å². The Kier molecular flexibility index (Phi) is 3.79. The van der Waals surface area contributed by atoms with E-state index in [0.717, 1.165) is 12.1 Å². The van der Waals surface area contributed by atoms with Crippen LogP contribution >= 0.6 is 0 Å². The molecule has 1 aliphatic rings. The quantitative estimate of drug-likeness (QED) is 0.787. The zero-order valence-corrected chi connectivity index (χ0v) is 9.48. The molecule has 0 N–H and O–H groups in total. The highest BCUT2D eigenvalue weighted by atomic mass is 19.4. The summed E-state index contributed by atoms with van der Waals surface area (Å²) in [5.74, 6) is -0.521. The molecule has 1 fully saturated rings. The molecule has 0 aromatic heterocycles. The third-order valence-corrected chi connectivity index (χ3v) is 2.09. The van der Waals surface area contributed by atoms with Gasteiger partial charge in [-0.15, -0.1) is 13.2 Å². The number of benzene rings is 1. The van der Waals surface area contributed by atoms with Crippen LogP contribution in [0, 0.1) is 0 Å².